The number of hydrogen-bond acceptors (Lipinski definition) is 5. The zero-order chi connectivity index (χ0) is 16.7. The topological polar surface area (TPSA) is 51.2 Å². The lowest BCUT2D eigenvalue weighted by atomic mass is 10.0. The lowest BCUT2D eigenvalue weighted by Crippen LogP contribution is -2.55. The fourth-order valence-corrected chi connectivity index (χ4v) is 2.77. The van der Waals surface area contributed by atoms with Crippen LogP contribution in [-0.4, -0.2) is 67.8 Å². The van der Waals surface area contributed by atoms with E-state index in [4.69, 9.17) is 14.2 Å². The number of β-amino-alcohol motifs (C(OH)–C–C–N with tert-alkyl or cyclic N) is 1. The van der Waals surface area contributed by atoms with Crippen molar-refractivity contribution in [3.8, 4) is 5.75 Å². The van der Waals surface area contributed by atoms with E-state index >= 15 is 0 Å². The van der Waals surface area contributed by atoms with Gasteiger partial charge in [0, 0.05) is 23.1 Å². The van der Waals surface area contributed by atoms with E-state index in [0.29, 0.717) is 33.0 Å². The van der Waals surface area contributed by atoms with E-state index in [1.807, 2.05) is 24.3 Å². The van der Waals surface area contributed by atoms with Gasteiger partial charge in [0.15, 0.2) is 0 Å². The first-order valence-corrected chi connectivity index (χ1v) is 8.74. The number of rotatable bonds is 8. The van der Waals surface area contributed by atoms with Crippen molar-refractivity contribution in [2.45, 2.75) is 25.5 Å². The molecule has 0 bridgehead atoms. The SMILES string of the molecule is CC1(C)COCCN1CC(O)COCCOc1ccc(Br)cc1.Cl. The highest BCUT2D eigenvalue weighted by Crippen LogP contribution is 2.19. The molecular formula is C17H27BrClNO4. The minimum absolute atomic E-state index is 0. The van der Waals surface area contributed by atoms with Crippen molar-refractivity contribution in [1.29, 1.82) is 0 Å². The first-order valence-electron chi connectivity index (χ1n) is 7.94. The van der Waals surface area contributed by atoms with Gasteiger partial charge in [-0.25, -0.2) is 0 Å². The lowest BCUT2D eigenvalue weighted by molar-refractivity contribution is -0.0768. The van der Waals surface area contributed by atoms with E-state index in [0.717, 1.165) is 23.4 Å². The third-order valence-electron chi connectivity index (χ3n) is 3.87. The highest BCUT2D eigenvalue weighted by atomic mass is 79.9. The number of benzene rings is 1. The normalized spacial score (nSPS) is 18.7. The third kappa shape index (κ3) is 7.25. The van der Waals surface area contributed by atoms with Crippen molar-refractivity contribution in [3.05, 3.63) is 28.7 Å². The molecule has 1 aliphatic heterocycles. The van der Waals surface area contributed by atoms with Crippen LogP contribution in [0.3, 0.4) is 0 Å². The Balaban J connectivity index is 0.00000288. The van der Waals surface area contributed by atoms with Gasteiger partial charge in [-0.05, 0) is 38.1 Å². The van der Waals surface area contributed by atoms with Crippen molar-refractivity contribution in [2.24, 2.45) is 0 Å². The molecule has 0 aromatic heterocycles. The van der Waals surface area contributed by atoms with Crippen LogP contribution in [0.2, 0.25) is 0 Å². The number of aliphatic hydroxyl groups excluding tert-OH is 1. The molecule has 0 saturated carbocycles. The molecule has 1 N–H and O–H groups in total. The summed E-state index contributed by atoms with van der Waals surface area (Å²) < 4.78 is 17.6. The maximum absolute atomic E-state index is 10.1. The van der Waals surface area contributed by atoms with Gasteiger partial charge in [0.25, 0.3) is 0 Å². The number of nitrogens with zero attached hydrogens (tertiary/aromatic N) is 1. The van der Waals surface area contributed by atoms with Crippen molar-refractivity contribution in [3.63, 3.8) is 0 Å². The highest BCUT2D eigenvalue weighted by molar-refractivity contribution is 9.10. The van der Waals surface area contributed by atoms with Crippen LogP contribution >= 0.6 is 28.3 Å². The molecular weight excluding hydrogens is 398 g/mol. The molecule has 0 aliphatic carbocycles. The van der Waals surface area contributed by atoms with Crippen molar-refractivity contribution < 1.29 is 19.3 Å². The van der Waals surface area contributed by atoms with Crippen LogP contribution in [0, 0.1) is 0 Å². The molecule has 1 heterocycles. The Morgan fingerprint density at radius 3 is 2.67 bits per heavy atom. The second-order valence-electron chi connectivity index (χ2n) is 6.34. The van der Waals surface area contributed by atoms with E-state index in [1.165, 1.54) is 0 Å². The number of halogens is 2. The van der Waals surface area contributed by atoms with Crippen LogP contribution in [0.25, 0.3) is 0 Å². The van der Waals surface area contributed by atoms with Crippen LogP contribution in [0.15, 0.2) is 28.7 Å². The van der Waals surface area contributed by atoms with Gasteiger partial charge >= 0.3 is 0 Å². The van der Waals surface area contributed by atoms with E-state index in [-0.39, 0.29) is 17.9 Å². The summed E-state index contributed by atoms with van der Waals surface area (Å²) in [5, 5.41) is 10.1. The minimum atomic E-state index is -0.500. The molecule has 1 fully saturated rings. The van der Waals surface area contributed by atoms with Gasteiger partial charge < -0.3 is 19.3 Å². The molecule has 1 aromatic rings. The smallest absolute Gasteiger partial charge is 0.119 e. The van der Waals surface area contributed by atoms with E-state index in [1.54, 1.807) is 0 Å². The fraction of sp³-hybridized carbons (Fsp3) is 0.647. The van der Waals surface area contributed by atoms with Crippen LogP contribution in [-0.2, 0) is 9.47 Å². The second-order valence-corrected chi connectivity index (χ2v) is 7.26. The standard InChI is InChI=1S/C17H26BrNO4.ClH/c1-17(2)13-22-8-7-19(17)11-15(20)12-21-9-10-23-16-5-3-14(18)4-6-16;/h3-6,15,20H,7-13H2,1-2H3;1H. The Bertz CT molecular complexity index is 472. The number of hydrogen-bond donors (Lipinski definition) is 1. The summed E-state index contributed by atoms with van der Waals surface area (Å²) >= 11 is 3.38. The molecule has 138 valence electrons. The largest absolute Gasteiger partial charge is 0.491 e. The quantitative estimate of drug-likeness (QED) is 0.650. The zero-order valence-corrected chi connectivity index (χ0v) is 16.6. The molecule has 0 spiro atoms. The first kappa shape index (κ1) is 21.7. The molecule has 1 aromatic carbocycles. The third-order valence-corrected chi connectivity index (χ3v) is 4.40. The number of morpholine rings is 1. The summed E-state index contributed by atoms with van der Waals surface area (Å²) in [4.78, 5) is 2.25. The molecule has 1 unspecified atom stereocenters. The van der Waals surface area contributed by atoms with Gasteiger partial charge in [-0.15, -0.1) is 12.4 Å². The number of ether oxygens (including phenoxy) is 3. The Kier molecular flexibility index (Phi) is 9.56. The van der Waals surface area contributed by atoms with Gasteiger partial charge in [-0.2, -0.15) is 0 Å². The van der Waals surface area contributed by atoms with Crippen LogP contribution < -0.4 is 4.74 Å². The van der Waals surface area contributed by atoms with Crippen LogP contribution in [0.4, 0.5) is 0 Å². The van der Waals surface area contributed by atoms with Gasteiger partial charge in [-0.1, -0.05) is 15.9 Å². The summed E-state index contributed by atoms with van der Waals surface area (Å²) in [5.74, 6) is 0.812. The average Bonchev–Trinajstić information content (AvgIpc) is 2.51. The van der Waals surface area contributed by atoms with Crippen molar-refractivity contribution in [1.82, 2.24) is 4.90 Å². The zero-order valence-electron chi connectivity index (χ0n) is 14.2. The minimum Gasteiger partial charge on any atom is -0.491 e. The Morgan fingerprint density at radius 2 is 2.00 bits per heavy atom. The first-order chi connectivity index (χ1) is 11.0. The van der Waals surface area contributed by atoms with E-state index in [2.05, 4.69) is 34.7 Å². The summed E-state index contributed by atoms with van der Waals surface area (Å²) in [6.07, 6.45) is -0.500. The monoisotopic (exact) mass is 423 g/mol. The number of aliphatic hydroxyl groups is 1. The average molecular weight is 425 g/mol. The van der Waals surface area contributed by atoms with Crippen LogP contribution in [0.1, 0.15) is 13.8 Å². The lowest BCUT2D eigenvalue weighted by Gasteiger charge is -2.42. The summed E-state index contributed by atoms with van der Waals surface area (Å²) in [5.41, 5.74) is -0.0378. The molecule has 2 rings (SSSR count). The molecule has 1 aliphatic rings. The maximum atomic E-state index is 10.1. The van der Waals surface area contributed by atoms with Gasteiger partial charge in [-0.3, -0.25) is 4.90 Å². The maximum Gasteiger partial charge on any atom is 0.119 e. The Hall–Kier alpha value is -0.370. The molecule has 0 amide bonds. The Labute approximate surface area is 158 Å². The molecule has 1 saturated heterocycles. The molecule has 7 heteroatoms. The van der Waals surface area contributed by atoms with Gasteiger partial charge in [0.1, 0.15) is 12.4 Å². The van der Waals surface area contributed by atoms with E-state index < -0.39 is 6.10 Å². The Morgan fingerprint density at radius 1 is 1.29 bits per heavy atom. The highest BCUT2D eigenvalue weighted by Gasteiger charge is 2.31. The molecule has 0 radical (unpaired) electrons. The van der Waals surface area contributed by atoms with Crippen LogP contribution in [0.5, 0.6) is 5.75 Å². The predicted molar refractivity (Wildman–Crippen MR) is 100 cm³/mol. The van der Waals surface area contributed by atoms with Gasteiger partial charge in [0.05, 0.1) is 32.5 Å². The molecule has 1 atom stereocenters. The molecule has 5 nitrogen and oxygen atoms in total. The fourth-order valence-electron chi connectivity index (χ4n) is 2.50. The summed E-state index contributed by atoms with van der Waals surface area (Å²) in [6.45, 7) is 8.37. The van der Waals surface area contributed by atoms with E-state index in [9.17, 15) is 5.11 Å². The second kappa shape index (κ2) is 10.6. The van der Waals surface area contributed by atoms with Gasteiger partial charge in [0.2, 0.25) is 0 Å². The summed E-state index contributed by atoms with van der Waals surface area (Å²) in [6, 6.07) is 7.67. The van der Waals surface area contributed by atoms with Crippen molar-refractivity contribution in [2.75, 3.05) is 46.1 Å². The van der Waals surface area contributed by atoms with Crippen molar-refractivity contribution >= 4 is 28.3 Å². The molecule has 24 heavy (non-hydrogen) atoms. The predicted octanol–water partition coefficient (Wildman–Crippen LogP) is 2.74. The summed E-state index contributed by atoms with van der Waals surface area (Å²) in [7, 11) is 0.